The van der Waals surface area contributed by atoms with Gasteiger partial charge < -0.3 is 0 Å². The second-order valence-electron chi connectivity index (χ2n) is 17.5. The summed E-state index contributed by atoms with van der Waals surface area (Å²) in [6.45, 7) is 11.0. The molecule has 12 atom stereocenters. The molecule has 6 fully saturated rings. The molecule has 8 aliphatic rings. The molecule has 0 radical (unpaired) electrons. The maximum absolute atomic E-state index is 2.91. The van der Waals surface area contributed by atoms with Crippen LogP contribution < -0.4 is 0 Å². The van der Waals surface area contributed by atoms with E-state index in [4.69, 9.17) is 0 Å². The molecule has 0 nitrogen and oxygen atoms in total. The van der Waals surface area contributed by atoms with E-state index < -0.39 is 0 Å². The van der Waals surface area contributed by atoms with Gasteiger partial charge in [0.2, 0.25) is 0 Å². The summed E-state index contributed by atoms with van der Waals surface area (Å²) in [5.74, 6) is 8.03. The summed E-state index contributed by atoms with van der Waals surface area (Å²) >= 11 is 0. The van der Waals surface area contributed by atoms with E-state index in [9.17, 15) is 0 Å². The topological polar surface area (TPSA) is 0 Å². The molecule has 0 saturated heterocycles. The monoisotopic (exact) mass is 514 g/mol. The maximum Gasteiger partial charge on any atom is -0.00418 e. The standard InChI is InChI=1S/C38H58/c1-35-21-17-32-29(14-12-27-10-5-7-19-36(27,32)2)34(35)23-25(24-35)30-15-16-31-28-13-11-26-9-6-8-20-37(26,3)33(28)18-22-38(30,31)4/h15,24,26-29,31-34H,5-14,16-23H2,1-4H3/t26-,27-,28+,29-,31+,32+,33+,34+,35-,36+,37+,38-/m1/s1. The molecule has 6 saturated carbocycles. The SMILES string of the molecule is C[C@]12CCCC[C@@H]1CC[C@@H]1[C@@H]2CC[C@]2(C)C=C(C3=CC[C@H]4[C@@H]5CC[C@H]6CCCC[C@]6(C)[C@H]5CC[C@]34C)C[C@@H]12. The van der Waals surface area contributed by atoms with Crippen LogP contribution in [0, 0.1) is 69.0 Å². The highest BCUT2D eigenvalue weighted by atomic mass is 14.7. The van der Waals surface area contributed by atoms with Gasteiger partial charge in [0.25, 0.3) is 0 Å². The van der Waals surface area contributed by atoms with Crippen LogP contribution in [0.25, 0.3) is 0 Å². The zero-order valence-corrected chi connectivity index (χ0v) is 25.5. The lowest BCUT2D eigenvalue weighted by Crippen LogP contribution is -2.52. The van der Waals surface area contributed by atoms with Crippen molar-refractivity contribution in [3.05, 3.63) is 23.3 Å². The third-order valence-electron chi connectivity index (χ3n) is 16.5. The van der Waals surface area contributed by atoms with E-state index in [2.05, 4.69) is 39.8 Å². The zero-order valence-electron chi connectivity index (χ0n) is 25.5. The molecule has 0 aromatic heterocycles. The van der Waals surface area contributed by atoms with Gasteiger partial charge in [-0.15, -0.1) is 0 Å². The first-order valence-corrected chi connectivity index (χ1v) is 17.7. The fourth-order valence-corrected chi connectivity index (χ4v) is 14.4. The van der Waals surface area contributed by atoms with Crippen LogP contribution in [0.5, 0.6) is 0 Å². The summed E-state index contributed by atoms with van der Waals surface area (Å²) < 4.78 is 0. The third kappa shape index (κ3) is 3.28. The van der Waals surface area contributed by atoms with E-state index >= 15 is 0 Å². The molecule has 0 aromatic rings. The Morgan fingerprint density at radius 3 is 1.84 bits per heavy atom. The highest BCUT2D eigenvalue weighted by Gasteiger charge is 2.61. The van der Waals surface area contributed by atoms with Crippen LogP contribution in [0.2, 0.25) is 0 Å². The van der Waals surface area contributed by atoms with E-state index in [1.165, 1.54) is 77.0 Å². The lowest BCUT2D eigenvalue weighted by atomic mass is 9.44. The minimum absolute atomic E-state index is 0.473. The van der Waals surface area contributed by atoms with Crippen LogP contribution in [0.4, 0.5) is 0 Å². The normalized spacial score (nSPS) is 57.4. The lowest BCUT2D eigenvalue weighted by Gasteiger charge is -2.60. The Kier molecular flexibility index (Phi) is 5.64. The molecule has 0 aromatic carbocycles. The van der Waals surface area contributed by atoms with Gasteiger partial charge >= 0.3 is 0 Å². The van der Waals surface area contributed by atoms with Crippen LogP contribution in [-0.2, 0) is 0 Å². The largest absolute Gasteiger partial charge is 0.0802 e. The third-order valence-corrected chi connectivity index (χ3v) is 16.5. The quantitative estimate of drug-likeness (QED) is 0.326. The van der Waals surface area contributed by atoms with E-state index in [0.29, 0.717) is 21.7 Å². The van der Waals surface area contributed by atoms with Crippen molar-refractivity contribution in [3.63, 3.8) is 0 Å². The number of hydrogen-bond acceptors (Lipinski definition) is 0. The van der Waals surface area contributed by atoms with Crippen LogP contribution in [-0.4, -0.2) is 0 Å². The summed E-state index contributed by atoms with van der Waals surface area (Å²) in [6.07, 6.45) is 33.0. The number of rotatable bonds is 1. The van der Waals surface area contributed by atoms with Crippen molar-refractivity contribution in [1.29, 1.82) is 0 Å². The predicted molar refractivity (Wildman–Crippen MR) is 160 cm³/mol. The smallest absolute Gasteiger partial charge is 0.00418 e. The lowest BCUT2D eigenvalue weighted by molar-refractivity contribution is -0.0993. The second-order valence-corrected chi connectivity index (χ2v) is 17.5. The van der Waals surface area contributed by atoms with Crippen molar-refractivity contribution in [3.8, 4) is 0 Å². The fraction of sp³-hybridized carbons (Fsp3) is 0.895. The van der Waals surface area contributed by atoms with E-state index in [1.54, 1.807) is 38.5 Å². The van der Waals surface area contributed by atoms with Gasteiger partial charge in [-0.25, -0.2) is 0 Å². The predicted octanol–water partition coefficient (Wildman–Crippen LogP) is 10.9. The van der Waals surface area contributed by atoms with Crippen LogP contribution in [0.1, 0.15) is 143 Å². The van der Waals surface area contributed by atoms with Gasteiger partial charge in [0, 0.05) is 0 Å². The molecule has 0 aliphatic heterocycles. The van der Waals surface area contributed by atoms with Crippen LogP contribution >= 0.6 is 0 Å². The molecule has 210 valence electrons. The first-order chi connectivity index (χ1) is 18.3. The van der Waals surface area contributed by atoms with Crippen LogP contribution in [0.15, 0.2) is 23.3 Å². The first kappa shape index (κ1) is 25.2. The Hall–Kier alpha value is -0.520. The van der Waals surface area contributed by atoms with Gasteiger partial charge in [0.1, 0.15) is 0 Å². The molecule has 0 unspecified atom stereocenters. The average Bonchev–Trinajstić information content (AvgIpc) is 3.44. The minimum atomic E-state index is 0.473. The Morgan fingerprint density at radius 1 is 0.579 bits per heavy atom. The zero-order chi connectivity index (χ0) is 25.9. The Balaban J connectivity index is 1.04. The van der Waals surface area contributed by atoms with Crippen molar-refractivity contribution in [1.82, 2.24) is 0 Å². The van der Waals surface area contributed by atoms with Crippen molar-refractivity contribution in [2.45, 2.75) is 143 Å². The van der Waals surface area contributed by atoms with Crippen molar-refractivity contribution in [2.75, 3.05) is 0 Å². The summed E-state index contributed by atoms with van der Waals surface area (Å²) in [4.78, 5) is 0. The summed E-state index contributed by atoms with van der Waals surface area (Å²) in [5.41, 5.74) is 6.03. The summed E-state index contributed by atoms with van der Waals surface area (Å²) in [6, 6.07) is 0. The molecular weight excluding hydrogens is 456 g/mol. The average molecular weight is 515 g/mol. The highest BCUT2D eigenvalue weighted by Crippen LogP contribution is 2.70. The van der Waals surface area contributed by atoms with Gasteiger partial charge in [0.05, 0.1) is 0 Å². The van der Waals surface area contributed by atoms with E-state index in [0.717, 1.165) is 47.3 Å². The molecule has 8 aliphatic carbocycles. The second kappa shape index (κ2) is 8.51. The molecule has 0 amide bonds. The number of hydrogen-bond donors (Lipinski definition) is 0. The Bertz CT molecular complexity index is 1030. The fourth-order valence-electron chi connectivity index (χ4n) is 14.4. The molecule has 0 heterocycles. The molecule has 0 bridgehead atoms. The molecule has 0 spiro atoms. The van der Waals surface area contributed by atoms with Gasteiger partial charge in [0.15, 0.2) is 0 Å². The summed E-state index contributed by atoms with van der Waals surface area (Å²) in [5, 5.41) is 0. The maximum atomic E-state index is 2.91. The summed E-state index contributed by atoms with van der Waals surface area (Å²) in [7, 11) is 0. The van der Waals surface area contributed by atoms with Gasteiger partial charge in [-0.05, 0) is 170 Å². The molecule has 8 rings (SSSR count). The molecule has 0 N–H and O–H groups in total. The van der Waals surface area contributed by atoms with E-state index in [1.807, 2.05) is 11.1 Å². The first-order valence-electron chi connectivity index (χ1n) is 17.7. The highest BCUT2D eigenvalue weighted by molar-refractivity contribution is 5.45. The van der Waals surface area contributed by atoms with E-state index in [-0.39, 0.29) is 0 Å². The Labute approximate surface area is 235 Å². The number of fused-ring (bicyclic) bond motifs is 10. The van der Waals surface area contributed by atoms with Crippen molar-refractivity contribution in [2.24, 2.45) is 69.0 Å². The van der Waals surface area contributed by atoms with Crippen molar-refractivity contribution < 1.29 is 0 Å². The van der Waals surface area contributed by atoms with Crippen LogP contribution in [0.3, 0.4) is 0 Å². The number of allylic oxidation sites excluding steroid dienone is 4. The molecule has 38 heavy (non-hydrogen) atoms. The minimum Gasteiger partial charge on any atom is -0.0802 e. The van der Waals surface area contributed by atoms with Gasteiger partial charge in [-0.1, -0.05) is 65.5 Å². The molecule has 0 heteroatoms. The Morgan fingerprint density at radius 2 is 1.18 bits per heavy atom. The molecular formula is C38H58. The van der Waals surface area contributed by atoms with Gasteiger partial charge in [-0.3, -0.25) is 0 Å². The van der Waals surface area contributed by atoms with Crippen molar-refractivity contribution >= 4 is 0 Å². The van der Waals surface area contributed by atoms with Gasteiger partial charge in [-0.2, -0.15) is 0 Å².